The molecular weight excluding hydrogens is 568 g/mol. The molecule has 2 atom stereocenters. The molecule has 0 radical (unpaired) electrons. The Labute approximate surface area is 212 Å². The van der Waals surface area contributed by atoms with E-state index in [9.17, 15) is 8.42 Å². The fourth-order valence-electron chi connectivity index (χ4n) is 4.34. The molecule has 0 heterocycles. The Morgan fingerprint density at radius 2 is 1.45 bits per heavy atom. The highest BCUT2D eigenvalue weighted by atomic mass is 79.9. The monoisotopic (exact) mass is 592 g/mol. The minimum Gasteiger partial charge on any atom is -0.497 e. The number of nitrogens with two attached hydrogens (primary N) is 1. The Hall–Kier alpha value is -1.71. The third-order valence-electron chi connectivity index (χ3n) is 6.08. The van der Waals surface area contributed by atoms with Crippen LogP contribution in [0.4, 0.5) is 0 Å². The molecule has 2 unspecified atom stereocenters. The smallest absolute Gasteiger partial charge is 0.241 e. The molecule has 3 aromatic rings. The lowest BCUT2D eigenvalue weighted by atomic mass is 10.1. The van der Waals surface area contributed by atoms with Crippen LogP contribution in [0.3, 0.4) is 0 Å². The van der Waals surface area contributed by atoms with Crippen LogP contribution in [0.1, 0.15) is 47.2 Å². The molecule has 0 saturated heterocycles. The number of methoxy groups -OCH3 is 1. The lowest BCUT2D eigenvalue weighted by Gasteiger charge is -2.15. The van der Waals surface area contributed by atoms with Gasteiger partial charge in [0.05, 0.1) is 12.0 Å². The van der Waals surface area contributed by atoms with Crippen molar-refractivity contribution in [3.8, 4) is 5.75 Å². The Morgan fingerprint density at radius 1 is 0.879 bits per heavy atom. The van der Waals surface area contributed by atoms with Gasteiger partial charge in [-0.2, -0.15) is 0 Å². The standard InChI is InChI=1S/C16H16BrNO3S.C9H10BrN/c1-21-13-4-6-14(7-5-13)22(19,20)18-16-9-2-11-10-12(17)3-8-15(11)16;10-7-2-3-8-6(5-7)1-4-9(8)11/h3-8,10,16,18H,2,9H2,1H3;2-3,5,9H,1,4,11H2. The first-order valence-corrected chi connectivity index (χ1v) is 13.8. The molecule has 174 valence electrons. The summed E-state index contributed by atoms with van der Waals surface area (Å²) >= 11 is 6.89. The van der Waals surface area contributed by atoms with Crippen LogP contribution in [-0.2, 0) is 22.9 Å². The fraction of sp³-hybridized carbons (Fsp3) is 0.280. The molecule has 0 amide bonds. The van der Waals surface area contributed by atoms with Gasteiger partial charge in [0.2, 0.25) is 10.0 Å². The van der Waals surface area contributed by atoms with Crippen LogP contribution in [-0.4, -0.2) is 15.5 Å². The van der Waals surface area contributed by atoms with Crippen molar-refractivity contribution in [3.63, 3.8) is 0 Å². The minimum atomic E-state index is -3.54. The summed E-state index contributed by atoms with van der Waals surface area (Å²) in [5.41, 5.74) is 10.9. The average molecular weight is 594 g/mol. The van der Waals surface area contributed by atoms with Gasteiger partial charge in [0, 0.05) is 21.0 Å². The number of nitrogens with one attached hydrogen (secondary N) is 1. The molecule has 2 aliphatic carbocycles. The Kier molecular flexibility index (Phi) is 7.60. The fourth-order valence-corrected chi connectivity index (χ4v) is 6.40. The van der Waals surface area contributed by atoms with Crippen molar-refractivity contribution in [2.75, 3.05) is 7.11 Å². The Bertz CT molecular complexity index is 1250. The third-order valence-corrected chi connectivity index (χ3v) is 8.55. The molecule has 0 bridgehead atoms. The van der Waals surface area contributed by atoms with Gasteiger partial charge in [-0.05, 0) is 96.5 Å². The van der Waals surface area contributed by atoms with Crippen LogP contribution in [0.15, 0.2) is 74.5 Å². The summed E-state index contributed by atoms with van der Waals surface area (Å²) in [6, 6.07) is 18.8. The van der Waals surface area contributed by atoms with Gasteiger partial charge in [-0.1, -0.05) is 44.0 Å². The molecular formula is C25H26Br2N2O3S. The number of hydrogen-bond donors (Lipinski definition) is 2. The predicted molar refractivity (Wildman–Crippen MR) is 138 cm³/mol. The molecule has 0 aromatic heterocycles. The normalized spacial score (nSPS) is 18.8. The average Bonchev–Trinajstić information content (AvgIpc) is 3.36. The maximum atomic E-state index is 12.5. The summed E-state index contributed by atoms with van der Waals surface area (Å²) in [6.45, 7) is 0. The second-order valence-electron chi connectivity index (χ2n) is 8.22. The summed E-state index contributed by atoms with van der Waals surface area (Å²) < 4.78 is 35.0. The Balaban J connectivity index is 0.000000196. The van der Waals surface area contributed by atoms with Gasteiger partial charge in [0.1, 0.15) is 5.75 Å². The van der Waals surface area contributed by atoms with E-state index in [0.29, 0.717) is 5.75 Å². The van der Waals surface area contributed by atoms with E-state index in [1.165, 1.54) is 16.7 Å². The van der Waals surface area contributed by atoms with Crippen LogP contribution >= 0.6 is 31.9 Å². The molecule has 8 heteroatoms. The van der Waals surface area contributed by atoms with Gasteiger partial charge in [0.15, 0.2) is 0 Å². The van der Waals surface area contributed by atoms with E-state index in [0.717, 1.165) is 40.2 Å². The summed E-state index contributed by atoms with van der Waals surface area (Å²) in [7, 11) is -1.99. The molecule has 3 N–H and O–H groups in total. The zero-order valence-corrected chi connectivity index (χ0v) is 22.2. The van der Waals surface area contributed by atoms with Gasteiger partial charge in [0.25, 0.3) is 0 Å². The molecule has 5 nitrogen and oxygen atoms in total. The largest absolute Gasteiger partial charge is 0.497 e. The number of aryl methyl sites for hydroxylation is 2. The topological polar surface area (TPSA) is 81.4 Å². The molecule has 3 aromatic carbocycles. The SMILES string of the molecule is COc1ccc(S(=O)(=O)NC2CCc3cc(Br)ccc32)cc1.NC1CCc2cc(Br)ccc21. The maximum Gasteiger partial charge on any atom is 0.241 e. The molecule has 2 aliphatic rings. The van der Waals surface area contributed by atoms with Gasteiger partial charge in [-0.25, -0.2) is 13.1 Å². The van der Waals surface area contributed by atoms with Gasteiger partial charge in [-0.15, -0.1) is 0 Å². The van der Waals surface area contributed by atoms with Crippen LogP contribution < -0.4 is 15.2 Å². The number of benzene rings is 3. The second-order valence-corrected chi connectivity index (χ2v) is 11.8. The number of rotatable bonds is 4. The number of fused-ring (bicyclic) bond motifs is 2. The van der Waals surface area contributed by atoms with Crippen molar-refractivity contribution in [2.45, 2.75) is 42.7 Å². The van der Waals surface area contributed by atoms with E-state index in [-0.39, 0.29) is 17.0 Å². The van der Waals surface area contributed by atoms with Crippen LogP contribution in [0.5, 0.6) is 5.75 Å². The summed E-state index contributed by atoms with van der Waals surface area (Å²) in [5.74, 6) is 0.634. The second kappa shape index (κ2) is 10.3. The summed E-state index contributed by atoms with van der Waals surface area (Å²) in [5, 5.41) is 0. The Morgan fingerprint density at radius 3 is 2.09 bits per heavy atom. The summed E-state index contributed by atoms with van der Waals surface area (Å²) in [4.78, 5) is 0.249. The van der Waals surface area contributed by atoms with Crippen molar-refractivity contribution >= 4 is 41.9 Å². The zero-order chi connectivity index (χ0) is 23.6. The van der Waals surface area contributed by atoms with Gasteiger partial charge >= 0.3 is 0 Å². The van der Waals surface area contributed by atoms with Gasteiger partial charge in [-0.3, -0.25) is 0 Å². The van der Waals surface area contributed by atoms with Crippen molar-refractivity contribution in [1.29, 1.82) is 0 Å². The zero-order valence-electron chi connectivity index (χ0n) is 18.2. The van der Waals surface area contributed by atoms with E-state index in [1.54, 1.807) is 31.4 Å². The van der Waals surface area contributed by atoms with Crippen molar-refractivity contribution in [3.05, 3.63) is 91.9 Å². The van der Waals surface area contributed by atoms with Crippen molar-refractivity contribution < 1.29 is 13.2 Å². The third kappa shape index (κ3) is 5.69. The van der Waals surface area contributed by atoms with Crippen LogP contribution in [0.25, 0.3) is 0 Å². The molecule has 33 heavy (non-hydrogen) atoms. The molecule has 5 rings (SSSR count). The quantitative estimate of drug-likeness (QED) is 0.399. The van der Waals surface area contributed by atoms with E-state index in [4.69, 9.17) is 10.5 Å². The molecule has 0 saturated carbocycles. The highest BCUT2D eigenvalue weighted by molar-refractivity contribution is 9.10. The number of ether oxygens (including phenoxy) is 1. The first-order chi connectivity index (χ1) is 15.8. The lowest BCUT2D eigenvalue weighted by Crippen LogP contribution is -2.27. The van der Waals surface area contributed by atoms with Crippen LogP contribution in [0, 0.1) is 0 Å². The highest BCUT2D eigenvalue weighted by Crippen LogP contribution is 2.34. The summed E-state index contributed by atoms with van der Waals surface area (Å²) in [6.07, 6.45) is 3.90. The number of sulfonamides is 1. The minimum absolute atomic E-state index is 0.171. The molecule has 0 fully saturated rings. The van der Waals surface area contributed by atoms with E-state index >= 15 is 0 Å². The van der Waals surface area contributed by atoms with E-state index < -0.39 is 10.0 Å². The van der Waals surface area contributed by atoms with Crippen molar-refractivity contribution in [1.82, 2.24) is 4.72 Å². The van der Waals surface area contributed by atoms with Crippen molar-refractivity contribution in [2.24, 2.45) is 5.73 Å². The van der Waals surface area contributed by atoms with Gasteiger partial charge < -0.3 is 10.5 Å². The molecule has 0 aliphatic heterocycles. The predicted octanol–water partition coefficient (Wildman–Crippen LogP) is 5.82. The number of hydrogen-bond acceptors (Lipinski definition) is 4. The highest BCUT2D eigenvalue weighted by Gasteiger charge is 2.27. The maximum absolute atomic E-state index is 12.5. The molecule has 0 spiro atoms. The number of halogens is 2. The lowest BCUT2D eigenvalue weighted by molar-refractivity contribution is 0.414. The van der Waals surface area contributed by atoms with E-state index in [1.807, 2.05) is 12.1 Å². The van der Waals surface area contributed by atoms with E-state index in [2.05, 4.69) is 60.8 Å². The first-order valence-electron chi connectivity index (χ1n) is 10.8. The first kappa shape index (κ1) is 24.4. The van der Waals surface area contributed by atoms with Crippen LogP contribution in [0.2, 0.25) is 0 Å².